The van der Waals surface area contributed by atoms with Gasteiger partial charge in [0.15, 0.2) is 0 Å². The van der Waals surface area contributed by atoms with Crippen molar-refractivity contribution in [3.63, 3.8) is 0 Å². The predicted octanol–water partition coefficient (Wildman–Crippen LogP) is 5.26. The van der Waals surface area contributed by atoms with Gasteiger partial charge in [0.25, 0.3) is 0 Å². The molecule has 0 aliphatic rings. The van der Waals surface area contributed by atoms with Gasteiger partial charge in [0.2, 0.25) is 0 Å². The average molecular weight is 336 g/mol. The molecule has 0 aliphatic carbocycles. The molecule has 0 saturated heterocycles. The number of aromatic nitrogens is 2. The van der Waals surface area contributed by atoms with Crippen LogP contribution in [0.3, 0.4) is 0 Å². The molecule has 1 aromatic heterocycles. The van der Waals surface area contributed by atoms with Crippen LogP contribution in [0.4, 0.5) is 0 Å². The molecular formula is C15H12BrClN2. The fourth-order valence-corrected chi connectivity index (χ4v) is 2.88. The van der Waals surface area contributed by atoms with Crippen molar-refractivity contribution in [2.75, 3.05) is 0 Å². The highest BCUT2D eigenvalue weighted by Crippen LogP contribution is 2.28. The highest BCUT2D eigenvalue weighted by atomic mass is 79.9. The molecule has 1 heterocycles. The maximum absolute atomic E-state index is 6.17. The number of benzene rings is 2. The molecule has 0 bridgehead atoms. The molecule has 0 spiro atoms. The van der Waals surface area contributed by atoms with Crippen LogP contribution in [-0.2, 0) is 0 Å². The SMILES string of the molecule is Cc1ccc(-c2nc3c(C)cc(Br)cc3[nH]2)cc1Cl. The van der Waals surface area contributed by atoms with Gasteiger partial charge in [0, 0.05) is 15.1 Å². The Hall–Kier alpha value is -1.32. The van der Waals surface area contributed by atoms with Crippen molar-refractivity contribution in [1.82, 2.24) is 9.97 Å². The van der Waals surface area contributed by atoms with Crippen molar-refractivity contribution in [3.8, 4) is 11.4 Å². The molecule has 4 heteroatoms. The second-order valence-corrected chi connectivity index (χ2v) is 5.99. The number of nitrogens with zero attached hydrogens (tertiary/aromatic N) is 1. The van der Waals surface area contributed by atoms with Crippen LogP contribution in [0.5, 0.6) is 0 Å². The van der Waals surface area contributed by atoms with Gasteiger partial charge >= 0.3 is 0 Å². The fraction of sp³-hybridized carbons (Fsp3) is 0.133. The molecule has 0 aliphatic heterocycles. The van der Waals surface area contributed by atoms with Crippen LogP contribution in [0, 0.1) is 13.8 Å². The number of aromatic amines is 1. The molecular weight excluding hydrogens is 324 g/mol. The lowest BCUT2D eigenvalue weighted by atomic mass is 10.1. The summed E-state index contributed by atoms with van der Waals surface area (Å²) in [4.78, 5) is 8.00. The molecule has 2 aromatic carbocycles. The lowest BCUT2D eigenvalue weighted by molar-refractivity contribution is 1.32. The minimum absolute atomic E-state index is 0.760. The van der Waals surface area contributed by atoms with E-state index >= 15 is 0 Å². The molecule has 19 heavy (non-hydrogen) atoms. The summed E-state index contributed by atoms with van der Waals surface area (Å²) in [5, 5.41) is 0.760. The zero-order chi connectivity index (χ0) is 13.6. The Bertz CT molecular complexity index is 777. The van der Waals surface area contributed by atoms with Gasteiger partial charge in [-0.3, -0.25) is 0 Å². The van der Waals surface area contributed by atoms with Crippen LogP contribution in [0.1, 0.15) is 11.1 Å². The lowest BCUT2D eigenvalue weighted by Crippen LogP contribution is -1.82. The molecule has 0 saturated carbocycles. The van der Waals surface area contributed by atoms with E-state index in [1.54, 1.807) is 0 Å². The van der Waals surface area contributed by atoms with Crippen LogP contribution in [0.15, 0.2) is 34.8 Å². The Labute approximate surface area is 124 Å². The second kappa shape index (κ2) is 4.66. The Kier molecular flexibility index (Phi) is 3.11. The summed E-state index contributed by atoms with van der Waals surface area (Å²) in [6.45, 7) is 4.05. The van der Waals surface area contributed by atoms with Crippen molar-refractivity contribution in [1.29, 1.82) is 0 Å². The Balaban J connectivity index is 2.20. The standard InChI is InChI=1S/C15H12BrClN2/c1-8-3-4-10(6-12(8)17)15-18-13-7-11(16)5-9(2)14(13)19-15/h3-7H,1-2H3,(H,18,19). The van der Waals surface area contributed by atoms with Crippen molar-refractivity contribution in [3.05, 3.63) is 51.0 Å². The number of halogens is 2. The van der Waals surface area contributed by atoms with Crippen LogP contribution in [-0.4, -0.2) is 9.97 Å². The number of hydrogen-bond acceptors (Lipinski definition) is 1. The van der Waals surface area contributed by atoms with Gasteiger partial charge in [0.05, 0.1) is 11.0 Å². The van der Waals surface area contributed by atoms with Gasteiger partial charge in [-0.05, 0) is 43.2 Å². The molecule has 96 valence electrons. The van der Waals surface area contributed by atoms with Crippen molar-refractivity contribution in [2.45, 2.75) is 13.8 Å². The number of nitrogens with one attached hydrogen (secondary N) is 1. The third kappa shape index (κ3) is 2.28. The first kappa shape index (κ1) is 12.7. The summed E-state index contributed by atoms with van der Waals surface area (Å²) in [5.41, 5.74) is 5.24. The van der Waals surface area contributed by atoms with E-state index in [0.29, 0.717) is 0 Å². The highest BCUT2D eigenvalue weighted by Gasteiger charge is 2.09. The van der Waals surface area contributed by atoms with Gasteiger partial charge in [-0.2, -0.15) is 0 Å². The summed E-state index contributed by atoms with van der Waals surface area (Å²) >= 11 is 9.67. The van der Waals surface area contributed by atoms with E-state index in [1.165, 1.54) is 0 Å². The van der Waals surface area contributed by atoms with Gasteiger partial charge < -0.3 is 4.98 Å². The van der Waals surface area contributed by atoms with E-state index in [9.17, 15) is 0 Å². The summed E-state index contributed by atoms with van der Waals surface area (Å²) in [7, 11) is 0. The van der Waals surface area contributed by atoms with Crippen LogP contribution in [0.25, 0.3) is 22.4 Å². The molecule has 2 nitrogen and oxygen atoms in total. The van der Waals surface area contributed by atoms with Gasteiger partial charge in [-0.15, -0.1) is 0 Å². The maximum Gasteiger partial charge on any atom is 0.138 e. The summed E-state index contributed by atoms with van der Waals surface area (Å²) in [6, 6.07) is 10.1. The monoisotopic (exact) mass is 334 g/mol. The van der Waals surface area contributed by atoms with E-state index in [-0.39, 0.29) is 0 Å². The zero-order valence-electron chi connectivity index (χ0n) is 10.6. The van der Waals surface area contributed by atoms with Crippen LogP contribution >= 0.6 is 27.5 Å². The van der Waals surface area contributed by atoms with Crippen molar-refractivity contribution >= 4 is 38.6 Å². The molecule has 0 radical (unpaired) electrons. The lowest BCUT2D eigenvalue weighted by Gasteiger charge is -2.00. The van der Waals surface area contributed by atoms with E-state index in [1.807, 2.05) is 31.2 Å². The van der Waals surface area contributed by atoms with Crippen molar-refractivity contribution in [2.24, 2.45) is 0 Å². The normalized spacial score (nSPS) is 11.2. The summed E-state index contributed by atoms with van der Waals surface area (Å²) < 4.78 is 1.05. The minimum Gasteiger partial charge on any atom is -0.338 e. The first-order valence-corrected chi connectivity index (χ1v) is 7.14. The average Bonchev–Trinajstić information content (AvgIpc) is 2.76. The van der Waals surface area contributed by atoms with Crippen LogP contribution in [0.2, 0.25) is 5.02 Å². The third-order valence-corrected chi connectivity index (χ3v) is 4.05. The van der Waals surface area contributed by atoms with E-state index in [4.69, 9.17) is 11.6 Å². The van der Waals surface area contributed by atoms with Gasteiger partial charge in [0.1, 0.15) is 5.82 Å². The first-order chi connectivity index (χ1) is 9.04. The maximum atomic E-state index is 6.17. The summed E-state index contributed by atoms with van der Waals surface area (Å²) in [5.74, 6) is 0.845. The van der Waals surface area contributed by atoms with Gasteiger partial charge in [-0.1, -0.05) is 39.7 Å². The molecule has 0 atom stereocenters. The molecule has 3 aromatic rings. The second-order valence-electron chi connectivity index (χ2n) is 4.67. The number of H-pyrrole nitrogens is 1. The number of fused-ring (bicyclic) bond motifs is 1. The number of aryl methyl sites for hydroxylation is 2. The summed E-state index contributed by atoms with van der Waals surface area (Å²) in [6.07, 6.45) is 0. The number of hydrogen-bond donors (Lipinski definition) is 1. The number of imidazole rings is 1. The third-order valence-electron chi connectivity index (χ3n) is 3.19. The highest BCUT2D eigenvalue weighted by molar-refractivity contribution is 9.10. The Morgan fingerprint density at radius 1 is 1.11 bits per heavy atom. The molecule has 0 fully saturated rings. The van der Waals surface area contributed by atoms with E-state index in [0.717, 1.165) is 43.0 Å². The predicted molar refractivity (Wildman–Crippen MR) is 83.7 cm³/mol. The molecule has 1 N–H and O–H groups in total. The molecule has 0 unspecified atom stereocenters. The van der Waals surface area contributed by atoms with Crippen molar-refractivity contribution < 1.29 is 0 Å². The fourth-order valence-electron chi connectivity index (χ4n) is 2.12. The first-order valence-electron chi connectivity index (χ1n) is 5.97. The van der Waals surface area contributed by atoms with Gasteiger partial charge in [-0.25, -0.2) is 4.98 Å². The van der Waals surface area contributed by atoms with E-state index < -0.39 is 0 Å². The smallest absolute Gasteiger partial charge is 0.138 e. The largest absolute Gasteiger partial charge is 0.338 e. The number of rotatable bonds is 1. The Morgan fingerprint density at radius 3 is 2.63 bits per heavy atom. The van der Waals surface area contributed by atoms with E-state index in [2.05, 4.69) is 38.9 Å². The molecule has 3 rings (SSSR count). The Morgan fingerprint density at radius 2 is 1.89 bits per heavy atom. The quantitative estimate of drug-likeness (QED) is 0.645. The minimum atomic E-state index is 0.760. The van der Waals surface area contributed by atoms with Crippen LogP contribution < -0.4 is 0 Å². The zero-order valence-corrected chi connectivity index (χ0v) is 12.9. The topological polar surface area (TPSA) is 28.7 Å². The molecule has 0 amide bonds.